The van der Waals surface area contributed by atoms with Gasteiger partial charge in [0.1, 0.15) is 6.61 Å². The highest BCUT2D eigenvalue weighted by atomic mass is 31.2. The smallest absolute Gasteiger partial charge is 0.462 e. The second kappa shape index (κ2) is 73.1. The number of hydrogen-bond acceptors (Lipinski definition) is 8. The van der Waals surface area contributed by atoms with Crippen molar-refractivity contribution < 1.29 is 37.6 Å². The molecule has 0 fully saturated rings. The van der Waals surface area contributed by atoms with Crippen LogP contribution in [0.15, 0.2) is 231 Å². The summed E-state index contributed by atoms with van der Waals surface area (Å²) >= 11 is 0. The molecule has 91 heavy (non-hydrogen) atoms. The van der Waals surface area contributed by atoms with Gasteiger partial charge in [-0.3, -0.25) is 18.6 Å². The highest BCUT2D eigenvalue weighted by Crippen LogP contribution is 2.43. The Hall–Kier alpha value is -5.93. The summed E-state index contributed by atoms with van der Waals surface area (Å²) < 4.78 is 33.1. The maximum atomic E-state index is 12.8. The lowest BCUT2D eigenvalue weighted by atomic mass is 10.1. The van der Waals surface area contributed by atoms with E-state index in [0.717, 1.165) is 173 Å². The molecule has 0 bridgehead atoms. The Bertz CT molecular complexity index is 2340. The van der Waals surface area contributed by atoms with Gasteiger partial charge in [-0.05, 0) is 161 Å². The number of unbranched alkanes of at least 4 members (excludes halogenated alkanes) is 11. The summed E-state index contributed by atoms with van der Waals surface area (Å²) in [6.07, 6.45) is 115. The summed E-state index contributed by atoms with van der Waals surface area (Å²) in [5.41, 5.74) is 5.39. The summed E-state index contributed by atoms with van der Waals surface area (Å²) in [5.74, 6) is -0.889. The molecular formula is C81H124NO8P. The summed E-state index contributed by atoms with van der Waals surface area (Å²) in [6.45, 7) is 3.44. The SMILES string of the molecule is CC/C=C\C/C=C\C/C=C\C/C=C\C/C=C\C/C=C\C/C=C\C/C=C\C/C=C\C/C=C\C/C=C\C/C=C\CCCCCCC(=O)OC(COC(=O)CCCCCCCCC/C=C\C/C=C\C/C=C\C/C=C\C/C=C\C/C=C\C/C=C\CC)COP(=O)(O)OCCN. The minimum atomic E-state index is -4.42. The predicted octanol–water partition coefficient (Wildman–Crippen LogP) is 23.4. The van der Waals surface area contributed by atoms with Gasteiger partial charge in [-0.25, -0.2) is 4.57 Å². The van der Waals surface area contributed by atoms with Gasteiger partial charge in [-0.15, -0.1) is 0 Å². The van der Waals surface area contributed by atoms with Crippen molar-refractivity contribution in [2.24, 2.45) is 5.73 Å². The van der Waals surface area contributed by atoms with Gasteiger partial charge in [-0.1, -0.05) is 290 Å². The number of nitrogens with two attached hydrogens (primary N) is 1. The zero-order valence-electron chi connectivity index (χ0n) is 56.7. The summed E-state index contributed by atoms with van der Waals surface area (Å²) in [5, 5.41) is 0. The zero-order valence-corrected chi connectivity index (χ0v) is 57.6. The Morgan fingerprint density at radius 3 is 0.846 bits per heavy atom. The minimum absolute atomic E-state index is 0.0342. The molecule has 0 saturated carbocycles. The van der Waals surface area contributed by atoms with Gasteiger partial charge >= 0.3 is 19.8 Å². The van der Waals surface area contributed by atoms with Gasteiger partial charge in [0.25, 0.3) is 0 Å². The van der Waals surface area contributed by atoms with Crippen LogP contribution in [0.1, 0.15) is 232 Å². The summed E-state index contributed by atoms with van der Waals surface area (Å²) in [6, 6.07) is 0. The van der Waals surface area contributed by atoms with E-state index < -0.39 is 32.5 Å². The molecular weight excluding hydrogens is 1150 g/mol. The second-order valence-corrected chi connectivity index (χ2v) is 23.4. The van der Waals surface area contributed by atoms with Crippen molar-refractivity contribution >= 4 is 19.8 Å². The van der Waals surface area contributed by atoms with Crippen molar-refractivity contribution in [3.63, 3.8) is 0 Å². The maximum absolute atomic E-state index is 12.8. The van der Waals surface area contributed by atoms with E-state index >= 15 is 0 Å². The van der Waals surface area contributed by atoms with Crippen LogP contribution < -0.4 is 5.73 Å². The molecule has 0 spiro atoms. The number of phosphoric ester groups is 1. The first-order valence-corrected chi connectivity index (χ1v) is 36.4. The third kappa shape index (κ3) is 73.0. The van der Waals surface area contributed by atoms with E-state index in [1.165, 1.54) is 19.3 Å². The average molecular weight is 1270 g/mol. The van der Waals surface area contributed by atoms with Crippen LogP contribution in [0, 0.1) is 0 Å². The number of ether oxygens (including phenoxy) is 2. The zero-order chi connectivity index (χ0) is 65.8. The second-order valence-electron chi connectivity index (χ2n) is 21.9. The molecule has 2 atom stereocenters. The number of carbonyl (C=O) groups is 2. The van der Waals surface area contributed by atoms with Crippen LogP contribution in [0.25, 0.3) is 0 Å². The van der Waals surface area contributed by atoms with Crippen molar-refractivity contribution in [2.75, 3.05) is 26.4 Å². The van der Waals surface area contributed by atoms with Crippen molar-refractivity contribution in [3.8, 4) is 0 Å². The first kappa shape index (κ1) is 85.1. The number of phosphoric acid groups is 1. The lowest BCUT2D eigenvalue weighted by molar-refractivity contribution is -0.161. The molecule has 0 rings (SSSR count). The molecule has 2 unspecified atom stereocenters. The van der Waals surface area contributed by atoms with E-state index in [1.807, 2.05) is 0 Å². The van der Waals surface area contributed by atoms with Gasteiger partial charge in [0, 0.05) is 19.4 Å². The summed E-state index contributed by atoms with van der Waals surface area (Å²) in [4.78, 5) is 35.3. The van der Waals surface area contributed by atoms with Crippen LogP contribution in [-0.2, 0) is 32.7 Å². The van der Waals surface area contributed by atoms with Gasteiger partial charge in [0.15, 0.2) is 6.10 Å². The fourth-order valence-electron chi connectivity index (χ4n) is 8.48. The summed E-state index contributed by atoms with van der Waals surface area (Å²) in [7, 11) is -4.42. The van der Waals surface area contributed by atoms with Crippen molar-refractivity contribution in [1.29, 1.82) is 0 Å². The van der Waals surface area contributed by atoms with E-state index in [-0.39, 0.29) is 32.6 Å². The van der Waals surface area contributed by atoms with Crippen molar-refractivity contribution in [1.82, 2.24) is 0 Å². The average Bonchev–Trinajstić information content (AvgIpc) is 3.74. The van der Waals surface area contributed by atoms with Crippen LogP contribution >= 0.6 is 7.82 Å². The molecule has 0 aliphatic carbocycles. The molecule has 506 valence electrons. The minimum Gasteiger partial charge on any atom is -0.462 e. The van der Waals surface area contributed by atoms with Crippen LogP contribution in [0.2, 0.25) is 0 Å². The largest absolute Gasteiger partial charge is 0.472 e. The van der Waals surface area contributed by atoms with Crippen LogP contribution in [0.4, 0.5) is 0 Å². The topological polar surface area (TPSA) is 134 Å². The molecule has 0 amide bonds. The molecule has 0 aliphatic heterocycles. The number of carbonyl (C=O) groups excluding carboxylic acids is 2. The van der Waals surface area contributed by atoms with Gasteiger partial charge in [-0.2, -0.15) is 0 Å². The van der Waals surface area contributed by atoms with Crippen molar-refractivity contribution in [2.45, 2.75) is 238 Å². The number of hydrogen-bond donors (Lipinski definition) is 2. The molecule has 3 N–H and O–H groups in total. The normalized spacial score (nSPS) is 14.4. The first-order chi connectivity index (χ1) is 44.8. The molecule has 0 heterocycles. The fraction of sp³-hybridized carbons (Fsp3) is 0.506. The molecule has 9 nitrogen and oxygen atoms in total. The van der Waals surface area contributed by atoms with E-state index in [2.05, 4.69) is 245 Å². The number of rotatable bonds is 62. The fourth-order valence-corrected chi connectivity index (χ4v) is 9.24. The monoisotopic (exact) mass is 1270 g/mol. The Balaban J connectivity index is 4.09. The molecule has 0 aliphatic rings. The van der Waals surface area contributed by atoms with E-state index in [9.17, 15) is 19.0 Å². The van der Waals surface area contributed by atoms with Gasteiger partial charge < -0.3 is 20.1 Å². The molecule has 0 aromatic heterocycles. The quantitative estimate of drug-likeness (QED) is 0.0264. The molecule has 0 aromatic carbocycles. The van der Waals surface area contributed by atoms with Gasteiger partial charge in [0.2, 0.25) is 0 Å². The van der Waals surface area contributed by atoms with Crippen molar-refractivity contribution in [3.05, 3.63) is 231 Å². The lowest BCUT2D eigenvalue weighted by Gasteiger charge is -2.19. The van der Waals surface area contributed by atoms with E-state index in [0.29, 0.717) is 12.8 Å². The van der Waals surface area contributed by atoms with Crippen LogP contribution in [-0.4, -0.2) is 49.3 Å². The van der Waals surface area contributed by atoms with E-state index in [1.54, 1.807) is 0 Å². The highest BCUT2D eigenvalue weighted by molar-refractivity contribution is 7.47. The Labute approximate surface area is 555 Å². The van der Waals surface area contributed by atoms with Crippen LogP contribution in [0.5, 0.6) is 0 Å². The highest BCUT2D eigenvalue weighted by Gasteiger charge is 2.26. The lowest BCUT2D eigenvalue weighted by Crippen LogP contribution is -2.29. The molecule has 0 aromatic rings. The third-order valence-electron chi connectivity index (χ3n) is 13.5. The Morgan fingerprint density at radius 2 is 0.571 bits per heavy atom. The predicted molar refractivity (Wildman–Crippen MR) is 394 cm³/mol. The van der Waals surface area contributed by atoms with Crippen LogP contribution in [0.3, 0.4) is 0 Å². The standard InChI is InChI=1S/C81H124NO8P/c1-3-5-7-9-11-13-15-17-19-21-23-25-27-29-31-33-34-35-36-37-38-39-40-41-42-43-44-46-48-50-52-54-56-58-60-62-64-66-68-70-72-74-81(84)90-79(78-89-91(85,86)88-76-75-82)77-87-80(83)73-71-69-67-65-63-61-59-57-55-53-51-49-47-45-32-30-28-26-24-22-20-18-16-14-12-10-8-6-4-2/h5-8,11-14,17-20,23-26,29-32,34-35,37-38,40-41,43-44,47-50,53-56,60,62,79H,3-4,9-10,15-16,21-22,27-28,33,36,39,42,45-46,51-52,57-59,61,63-78,82H2,1-2H3,(H,85,86)/b7-5-,8-6-,13-11-,14-12-,19-17-,20-18-,25-23-,26-24-,31-29-,32-30-,35-34-,38-37-,41-40-,44-43-,49-47-,50-48-,55-53-,56-54-,62-60-. The Morgan fingerprint density at radius 1 is 0.330 bits per heavy atom. The van der Waals surface area contributed by atoms with E-state index in [4.69, 9.17) is 24.3 Å². The molecule has 10 heteroatoms. The Kier molecular flexibility index (Phi) is 68.4. The molecule has 0 radical (unpaired) electrons. The van der Waals surface area contributed by atoms with Gasteiger partial charge in [0.05, 0.1) is 13.2 Å². The first-order valence-electron chi connectivity index (χ1n) is 34.9. The number of allylic oxidation sites excluding steroid dienone is 38. The third-order valence-corrected chi connectivity index (χ3v) is 14.5. The maximum Gasteiger partial charge on any atom is 0.472 e. The number of esters is 2. The molecule has 0 saturated heterocycles.